The van der Waals surface area contributed by atoms with Crippen molar-refractivity contribution in [1.82, 2.24) is 4.31 Å². The molecule has 0 saturated heterocycles. The fraction of sp³-hybridized carbons (Fsp3) is 0.211. The Bertz CT molecular complexity index is 981. The Labute approximate surface area is 146 Å². The number of esters is 1. The molecule has 2 aromatic carbocycles. The quantitative estimate of drug-likeness (QED) is 0.794. The lowest BCUT2D eigenvalue weighted by atomic mass is 9.78. The lowest BCUT2D eigenvalue weighted by Gasteiger charge is -2.34. The second-order valence-electron chi connectivity index (χ2n) is 5.95. The molecule has 5 nitrogen and oxygen atoms in total. The van der Waals surface area contributed by atoms with E-state index in [-0.39, 0.29) is 18.0 Å². The average molecular weight is 355 g/mol. The van der Waals surface area contributed by atoms with Crippen molar-refractivity contribution >= 4 is 16.0 Å². The first-order valence-corrected chi connectivity index (χ1v) is 9.54. The van der Waals surface area contributed by atoms with Crippen LogP contribution >= 0.6 is 0 Å². The largest absolute Gasteiger partial charge is 0.463 e. The lowest BCUT2D eigenvalue weighted by molar-refractivity contribution is -0.139. The van der Waals surface area contributed by atoms with Crippen LogP contribution in [0.3, 0.4) is 0 Å². The molecule has 0 aromatic heterocycles. The van der Waals surface area contributed by atoms with Crippen molar-refractivity contribution in [3.63, 3.8) is 0 Å². The van der Waals surface area contributed by atoms with Gasteiger partial charge >= 0.3 is 5.97 Å². The third-order valence-corrected chi connectivity index (χ3v) is 6.67. The first-order valence-electron chi connectivity index (χ1n) is 8.10. The first kappa shape index (κ1) is 16.1. The van der Waals surface area contributed by atoms with E-state index in [1.165, 1.54) is 4.31 Å². The van der Waals surface area contributed by atoms with Gasteiger partial charge in [-0.25, -0.2) is 13.2 Å². The van der Waals surface area contributed by atoms with Gasteiger partial charge in [-0.15, -0.1) is 0 Å². The van der Waals surface area contributed by atoms with Crippen LogP contribution in [0.2, 0.25) is 0 Å². The van der Waals surface area contributed by atoms with E-state index >= 15 is 0 Å². The number of hydrogen-bond acceptors (Lipinski definition) is 4. The summed E-state index contributed by atoms with van der Waals surface area (Å²) >= 11 is 0. The highest BCUT2D eigenvalue weighted by Crippen LogP contribution is 2.55. The molecule has 0 radical (unpaired) electrons. The molecule has 25 heavy (non-hydrogen) atoms. The zero-order valence-electron chi connectivity index (χ0n) is 13.7. The van der Waals surface area contributed by atoms with Gasteiger partial charge in [0.05, 0.1) is 17.1 Å². The predicted molar refractivity (Wildman–Crippen MR) is 92.3 cm³/mol. The number of hydrogen-bond donors (Lipinski definition) is 0. The Morgan fingerprint density at radius 1 is 1.12 bits per heavy atom. The van der Waals surface area contributed by atoms with Crippen LogP contribution in [-0.4, -0.2) is 31.8 Å². The van der Waals surface area contributed by atoms with Crippen molar-refractivity contribution in [2.45, 2.75) is 17.4 Å². The molecular weight excluding hydrogens is 338 g/mol. The number of benzene rings is 2. The summed E-state index contributed by atoms with van der Waals surface area (Å²) in [5, 5.41) is 0. The molecule has 2 aliphatic rings. The van der Waals surface area contributed by atoms with Gasteiger partial charge in [0.2, 0.25) is 10.0 Å². The summed E-state index contributed by atoms with van der Waals surface area (Å²) in [6.07, 6.45) is 1.67. The van der Waals surface area contributed by atoms with Crippen molar-refractivity contribution in [3.05, 3.63) is 77.4 Å². The highest BCUT2D eigenvalue weighted by atomic mass is 32.2. The zero-order valence-corrected chi connectivity index (χ0v) is 14.5. The number of carbonyl (C=O) groups is 1. The maximum absolute atomic E-state index is 13.1. The second-order valence-corrected chi connectivity index (χ2v) is 7.78. The van der Waals surface area contributed by atoms with Crippen LogP contribution in [0.15, 0.2) is 71.1 Å². The molecule has 128 valence electrons. The van der Waals surface area contributed by atoms with Gasteiger partial charge in [0, 0.05) is 12.1 Å². The number of ether oxygens (including phenoxy) is 1. The molecule has 6 heteroatoms. The predicted octanol–water partition coefficient (Wildman–Crippen LogP) is 2.44. The highest BCUT2D eigenvalue weighted by molar-refractivity contribution is 7.89. The minimum atomic E-state index is -3.70. The van der Waals surface area contributed by atoms with Gasteiger partial charge in [-0.05, 0) is 18.6 Å². The third-order valence-electron chi connectivity index (χ3n) is 4.76. The molecule has 0 fully saturated rings. The van der Waals surface area contributed by atoms with Gasteiger partial charge in [0.25, 0.3) is 0 Å². The number of rotatable bonds is 3. The molecular formula is C19H17NO4S. The van der Waals surface area contributed by atoms with Crippen molar-refractivity contribution < 1.29 is 17.9 Å². The van der Waals surface area contributed by atoms with E-state index in [4.69, 9.17) is 4.74 Å². The average Bonchev–Trinajstić information content (AvgIpc) is 3.12. The minimum Gasteiger partial charge on any atom is -0.463 e. The van der Waals surface area contributed by atoms with E-state index < -0.39 is 21.5 Å². The molecule has 2 heterocycles. The molecule has 2 aromatic rings. The van der Waals surface area contributed by atoms with Crippen LogP contribution in [0.5, 0.6) is 0 Å². The molecule has 4 rings (SSSR count). The normalized spacial score (nSPS) is 23.6. The maximum Gasteiger partial charge on any atom is 0.336 e. The van der Waals surface area contributed by atoms with E-state index in [9.17, 15) is 13.2 Å². The molecule has 1 atom stereocenters. The van der Waals surface area contributed by atoms with E-state index in [1.54, 1.807) is 37.3 Å². The molecule has 0 aliphatic carbocycles. The summed E-state index contributed by atoms with van der Waals surface area (Å²) in [5.74, 6) is -0.485. The van der Waals surface area contributed by atoms with E-state index in [1.807, 2.05) is 30.3 Å². The summed E-state index contributed by atoms with van der Waals surface area (Å²) in [6, 6.07) is 16.1. The van der Waals surface area contributed by atoms with Gasteiger partial charge in [0.1, 0.15) is 5.54 Å². The number of nitrogens with zero attached hydrogens (tertiary/aromatic N) is 1. The van der Waals surface area contributed by atoms with Crippen molar-refractivity contribution in [2.75, 3.05) is 13.2 Å². The summed E-state index contributed by atoms with van der Waals surface area (Å²) in [5.41, 5.74) is 0.524. The first-order chi connectivity index (χ1) is 12.0. The molecule has 2 aliphatic heterocycles. The Kier molecular flexibility index (Phi) is 3.56. The molecule has 0 saturated carbocycles. The van der Waals surface area contributed by atoms with Crippen LogP contribution in [0.25, 0.3) is 0 Å². The summed E-state index contributed by atoms with van der Waals surface area (Å²) < 4.78 is 32.9. The maximum atomic E-state index is 13.1. The third kappa shape index (κ3) is 1.98. The smallest absolute Gasteiger partial charge is 0.336 e. The summed E-state index contributed by atoms with van der Waals surface area (Å²) in [6.45, 7) is 2.11. The Hall–Kier alpha value is -2.44. The summed E-state index contributed by atoms with van der Waals surface area (Å²) in [7, 11) is -3.70. The molecule has 0 bridgehead atoms. The van der Waals surface area contributed by atoms with Crippen LogP contribution in [0.4, 0.5) is 0 Å². The molecule has 0 spiro atoms. The monoisotopic (exact) mass is 355 g/mol. The summed E-state index contributed by atoms with van der Waals surface area (Å²) in [4.78, 5) is 12.9. The van der Waals surface area contributed by atoms with Gasteiger partial charge < -0.3 is 4.74 Å². The Morgan fingerprint density at radius 2 is 1.80 bits per heavy atom. The fourth-order valence-electron chi connectivity index (χ4n) is 3.83. The second kappa shape index (κ2) is 5.54. The van der Waals surface area contributed by atoms with Crippen LogP contribution in [0.1, 0.15) is 18.1 Å². The topological polar surface area (TPSA) is 63.7 Å². The number of sulfonamides is 1. The minimum absolute atomic E-state index is 0.139. The SMILES string of the molecule is CCOC(=O)C1=CCN2[C@]1(c1ccccc1)c1ccccc1S2(=O)=O. The molecule has 0 unspecified atom stereocenters. The lowest BCUT2D eigenvalue weighted by Crippen LogP contribution is -2.44. The molecule has 0 amide bonds. The Morgan fingerprint density at radius 3 is 2.52 bits per heavy atom. The van der Waals surface area contributed by atoms with E-state index in [0.29, 0.717) is 11.1 Å². The van der Waals surface area contributed by atoms with Gasteiger partial charge in [0.15, 0.2) is 0 Å². The van der Waals surface area contributed by atoms with Crippen LogP contribution in [0, 0.1) is 0 Å². The number of carbonyl (C=O) groups excluding carboxylic acids is 1. The highest BCUT2D eigenvalue weighted by Gasteiger charge is 2.61. The van der Waals surface area contributed by atoms with E-state index in [0.717, 1.165) is 5.56 Å². The van der Waals surface area contributed by atoms with Gasteiger partial charge in [-0.3, -0.25) is 0 Å². The molecule has 0 N–H and O–H groups in total. The zero-order chi connectivity index (χ0) is 17.7. The van der Waals surface area contributed by atoms with Crippen molar-refractivity contribution in [3.8, 4) is 0 Å². The standard InChI is InChI=1S/C19H17NO4S/c1-2-24-18(21)16-12-13-20-19(16,14-8-4-3-5-9-14)15-10-6-7-11-17(15)25(20,22)23/h3-12H,2,13H2,1H3/t19-/m1/s1. The Balaban J connectivity index is 2.07. The fourth-order valence-corrected chi connectivity index (χ4v) is 5.75. The van der Waals surface area contributed by atoms with Crippen LogP contribution < -0.4 is 0 Å². The van der Waals surface area contributed by atoms with Crippen molar-refractivity contribution in [2.24, 2.45) is 0 Å². The van der Waals surface area contributed by atoms with E-state index in [2.05, 4.69) is 0 Å². The van der Waals surface area contributed by atoms with Crippen LogP contribution in [-0.2, 0) is 25.1 Å². The van der Waals surface area contributed by atoms with Crippen molar-refractivity contribution in [1.29, 1.82) is 0 Å². The number of fused-ring (bicyclic) bond motifs is 3. The van der Waals surface area contributed by atoms with Gasteiger partial charge in [-0.1, -0.05) is 54.6 Å². The van der Waals surface area contributed by atoms with Gasteiger partial charge in [-0.2, -0.15) is 4.31 Å².